The molecule has 0 radical (unpaired) electrons. The fourth-order valence-electron chi connectivity index (χ4n) is 2.20. The molecule has 2 heteroatoms. The number of allylic oxidation sites excluding steroid dienone is 12. The summed E-state index contributed by atoms with van der Waals surface area (Å²) in [5.41, 5.74) is 0. The molecule has 0 aromatic heterocycles. The molecule has 0 aromatic rings. The molecule has 0 spiro atoms. The Kier molecular flexibility index (Phi) is 18.7. The van der Waals surface area contributed by atoms with Crippen LogP contribution in [0.25, 0.3) is 0 Å². The number of hydrogen-bond donors (Lipinski definition) is 0. The maximum absolute atomic E-state index is 11.5. The topological polar surface area (TPSA) is 26.3 Å². The summed E-state index contributed by atoms with van der Waals surface area (Å²) >= 11 is 0. The van der Waals surface area contributed by atoms with Crippen LogP contribution in [0.3, 0.4) is 0 Å². The molecule has 2 nitrogen and oxygen atoms in total. The molecule has 0 aliphatic rings. The standard InChI is InChI=1S/C25H38O2/c1-4-6-7-8-9-10-11-12-13-14-15-16-17-18-19-20-21-22-23-24(3)25(26)27-5-2/h6-7,9-10,12-13,15-16,18-19,21-22,24H,4-5,8,11,14,17,20,23H2,1-3H3/b7-6-,10-9-,13-12-,16-15-,19-18-,22-21+. The lowest BCUT2D eigenvalue weighted by Gasteiger charge is -2.06. The fourth-order valence-corrected chi connectivity index (χ4v) is 2.20. The Bertz CT molecular complexity index is 518. The number of esters is 1. The van der Waals surface area contributed by atoms with Gasteiger partial charge in [-0.1, -0.05) is 86.8 Å². The Morgan fingerprint density at radius 3 is 1.41 bits per heavy atom. The molecule has 0 aromatic carbocycles. The van der Waals surface area contributed by atoms with Gasteiger partial charge in [0, 0.05) is 0 Å². The third-order valence-corrected chi connectivity index (χ3v) is 3.78. The highest BCUT2D eigenvalue weighted by molar-refractivity contribution is 5.72. The first-order valence-electron chi connectivity index (χ1n) is 10.3. The minimum absolute atomic E-state index is 0.0606. The molecule has 0 N–H and O–H groups in total. The first-order chi connectivity index (χ1) is 13.2. The SMILES string of the molecule is CC/C=C\C/C=C\C/C=C\C/C=C\C/C=C\C/C=C/CC(C)C(=O)OCC. The van der Waals surface area contributed by atoms with E-state index >= 15 is 0 Å². The average Bonchev–Trinajstić information content (AvgIpc) is 2.67. The minimum Gasteiger partial charge on any atom is -0.466 e. The second kappa shape index (κ2) is 20.2. The third-order valence-electron chi connectivity index (χ3n) is 3.78. The Morgan fingerprint density at radius 2 is 1.04 bits per heavy atom. The third kappa shape index (κ3) is 18.5. The van der Waals surface area contributed by atoms with Gasteiger partial charge >= 0.3 is 5.97 Å². The number of carbonyl (C=O) groups excluding carboxylic acids is 1. The summed E-state index contributed by atoms with van der Waals surface area (Å²) in [6.45, 7) is 6.34. The summed E-state index contributed by atoms with van der Waals surface area (Å²) < 4.78 is 4.99. The number of hydrogen-bond acceptors (Lipinski definition) is 2. The van der Waals surface area contributed by atoms with Crippen molar-refractivity contribution >= 4 is 5.97 Å². The lowest BCUT2D eigenvalue weighted by atomic mass is 10.1. The van der Waals surface area contributed by atoms with Crippen molar-refractivity contribution in [1.82, 2.24) is 0 Å². The van der Waals surface area contributed by atoms with E-state index in [4.69, 9.17) is 4.74 Å². The summed E-state index contributed by atoms with van der Waals surface area (Å²) in [5.74, 6) is -0.174. The van der Waals surface area contributed by atoms with E-state index in [1.165, 1.54) is 0 Å². The van der Waals surface area contributed by atoms with E-state index in [-0.39, 0.29) is 11.9 Å². The van der Waals surface area contributed by atoms with Crippen molar-refractivity contribution in [3.8, 4) is 0 Å². The van der Waals surface area contributed by atoms with Crippen molar-refractivity contribution in [3.63, 3.8) is 0 Å². The molecule has 1 atom stereocenters. The van der Waals surface area contributed by atoms with Crippen LogP contribution in [0.15, 0.2) is 72.9 Å². The molecule has 150 valence electrons. The van der Waals surface area contributed by atoms with E-state index in [1.807, 2.05) is 13.8 Å². The van der Waals surface area contributed by atoms with Gasteiger partial charge in [-0.25, -0.2) is 0 Å². The number of carbonyl (C=O) groups is 1. The van der Waals surface area contributed by atoms with E-state index in [1.54, 1.807) is 0 Å². The summed E-state index contributed by atoms with van der Waals surface area (Å²) in [4.78, 5) is 11.5. The molecule has 0 aliphatic heterocycles. The smallest absolute Gasteiger partial charge is 0.308 e. The predicted molar refractivity (Wildman–Crippen MR) is 119 cm³/mol. The molecule has 0 saturated heterocycles. The molecule has 0 aliphatic carbocycles. The number of ether oxygens (including phenoxy) is 1. The van der Waals surface area contributed by atoms with Gasteiger partial charge in [-0.2, -0.15) is 0 Å². The number of rotatable bonds is 15. The van der Waals surface area contributed by atoms with Gasteiger partial charge in [-0.15, -0.1) is 0 Å². The van der Waals surface area contributed by atoms with Crippen LogP contribution in [0.4, 0.5) is 0 Å². The van der Waals surface area contributed by atoms with Crippen molar-refractivity contribution in [2.45, 2.75) is 65.7 Å². The van der Waals surface area contributed by atoms with Gasteiger partial charge < -0.3 is 4.74 Å². The summed E-state index contributed by atoms with van der Waals surface area (Å²) in [7, 11) is 0. The lowest BCUT2D eigenvalue weighted by molar-refractivity contribution is -0.147. The van der Waals surface area contributed by atoms with Crippen LogP contribution in [0.2, 0.25) is 0 Å². The van der Waals surface area contributed by atoms with Gasteiger partial charge in [-0.05, 0) is 51.9 Å². The Balaban J connectivity index is 3.65. The van der Waals surface area contributed by atoms with Crippen molar-refractivity contribution in [2.75, 3.05) is 6.61 Å². The van der Waals surface area contributed by atoms with Crippen molar-refractivity contribution in [2.24, 2.45) is 5.92 Å². The van der Waals surface area contributed by atoms with E-state index < -0.39 is 0 Å². The Labute approximate surface area is 167 Å². The van der Waals surface area contributed by atoms with Crippen LogP contribution in [-0.2, 0) is 9.53 Å². The highest BCUT2D eigenvalue weighted by atomic mass is 16.5. The van der Waals surface area contributed by atoms with Gasteiger partial charge in [0.05, 0.1) is 12.5 Å². The zero-order chi connectivity index (χ0) is 20.0. The van der Waals surface area contributed by atoms with Crippen LogP contribution < -0.4 is 0 Å². The molecule has 1 unspecified atom stereocenters. The van der Waals surface area contributed by atoms with Crippen LogP contribution in [0, 0.1) is 5.92 Å². The zero-order valence-corrected chi connectivity index (χ0v) is 17.5. The van der Waals surface area contributed by atoms with Gasteiger partial charge in [0.2, 0.25) is 0 Å². The fraction of sp³-hybridized carbons (Fsp3) is 0.480. The molecule has 0 fully saturated rings. The van der Waals surface area contributed by atoms with Crippen LogP contribution >= 0.6 is 0 Å². The molecule has 0 bridgehead atoms. The Hall–Kier alpha value is -2.09. The maximum Gasteiger partial charge on any atom is 0.308 e. The summed E-state index contributed by atoms with van der Waals surface area (Å²) in [6.07, 6.45) is 32.9. The zero-order valence-electron chi connectivity index (χ0n) is 17.5. The van der Waals surface area contributed by atoms with Crippen LogP contribution in [-0.4, -0.2) is 12.6 Å². The van der Waals surface area contributed by atoms with Crippen molar-refractivity contribution in [3.05, 3.63) is 72.9 Å². The molecular weight excluding hydrogens is 332 g/mol. The van der Waals surface area contributed by atoms with Gasteiger partial charge in [0.15, 0.2) is 0 Å². The first kappa shape index (κ1) is 24.9. The highest BCUT2D eigenvalue weighted by Gasteiger charge is 2.10. The van der Waals surface area contributed by atoms with E-state index in [0.717, 1.165) is 44.9 Å². The Morgan fingerprint density at radius 1 is 0.667 bits per heavy atom. The first-order valence-corrected chi connectivity index (χ1v) is 10.3. The summed E-state index contributed by atoms with van der Waals surface area (Å²) in [6, 6.07) is 0. The second-order valence-electron chi connectivity index (χ2n) is 6.30. The average molecular weight is 371 g/mol. The molecule has 0 amide bonds. The van der Waals surface area contributed by atoms with Crippen LogP contribution in [0.5, 0.6) is 0 Å². The van der Waals surface area contributed by atoms with Gasteiger partial charge in [0.25, 0.3) is 0 Å². The summed E-state index contributed by atoms with van der Waals surface area (Å²) in [5, 5.41) is 0. The van der Waals surface area contributed by atoms with Gasteiger partial charge in [-0.3, -0.25) is 4.79 Å². The van der Waals surface area contributed by atoms with Crippen molar-refractivity contribution < 1.29 is 9.53 Å². The molecule has 27 heavy (non-hydrogen) atoms. The molecule has 0 heterocycles. The normalized spacial score (nSPS) is 14.0. The largest absolute Gasteiger partial charge is 0.466 e. The second-order valence-corrected chi connectivity index (χ2v) is 6.30. The van der Waals surface area contributed by atoms with Crippen molar-refractivity contribution in [1.29, 1.82) is 0 Å². The van der Waals surface area contributed by atoms with Gasteiger partial charge in [0.1, 0.15) is 0 Å². The minimum atomic E-state index is -0.114. The predicted octanol–water partition coefficient (Wildman–Crippen LogP) is 7.27. The molecule has 0 rings (SSSR count). The molecular formula is C25H38O2. The quantitative estimate of drug-likeness (QED) is 0.224. The molecule has 0 saturated carbocycles. The van der Waals surface area contributed by atoms with Crippen LogP contribution in [0.1, 0.15) is 65.7 Å². The monoisotopic (exact) mass is 370 g/mol. The maximum atomic E-state index is 11.5. The highest BCUT2D eigenvalue weighted by Crippen LogP contribution is 2.06. The van der Waals surface area contributed by atoms with E-state index in [2.05, 4.69) is 79.8 Å². The van der Waals surface area contributed by atoms with E-state index in [0.29, 0.717) is 6.61 Å². The van der Waals surface area contributed by atoms with E-state index in [9.17, 15) is 4.79 Å². The lowest BCUT2D eigenvalue weighted by Crippen LogP contribution is -2.13.